The van der Waals surface area contributed by atoms with Crippen molar-refractivity contribution >= 4 is 17.9 Å². The van der Waals surface area contributed by atoms with Crippen LogP contribution in [0.1, 0.15) is 27.0 Å². The topological polar surface area (TPSA) is 26.3 Å². The van der Waals surface area contributed by atoms with E-state index >= 15 is 0 Å². The lowest BCUT2D eigenvalue weighted by Gasteiger charge is -2.16. The van der Waals surface area contributed by atoms with E-state index in [9.17, 15) is 31.1 Å². The molecule has 0 saturated heterocycles. The fourth-order valence-electron chi connectivity index (χ4n) is 2.00. The van der Waals surface area contributed by atoms with Crippen molar-refractivity contribution in [3.8, 4) is 5.75 Å². The molecule has 134 valence electrons. The van der Waals surface area contributed by atoms with Gasteiger partial charge in [0.05, 0.1) is 16.1 Å². The summed E-state index contributed by atoms with van der Waals surface area (Å²) in [5, 5.41) is 0.0379. The Morgan fingerprint density at radius 1 is 0.960 bits per heavy atom. The average molecular weight is 383 g/mol. The van der Waals surface area contributed by atoms with Gasteiger partial charge in [0.15, 0.2) is 6.29 Å². The third-order valence-electron chi connectivity index (χ3n) is 3.24. The first-order chi connectivity index (χ1) is 11.5. The molecule has 0 bridgehead atoms. The van der Waals surface area contributed by atoms with Gasteiger partial charge in [-0.15, -0.1) is 0 Å². The van der Waals surface area contributed by atoms with Crippen LogP contribution in [-0.4, -0.2) is 6.29 Å². The summed E-state index contributed by atoms with van der Waals surface area (Å²) in [6.45, 7) is -0.621. The molecule has 9 heteroatoms. The largest absolute Gasteiger partial charge is 0.489 e. The van der Waals surface area contributed by atoms with Crippen LogP contribution >= 0.6 is 11.6 Å². The van der Waals surface area contributed by atoms with Crippen molar-refractivity contribution in [1.82, 2.24) is 0 Å². The number of rotatable bonds is 4. The zero-order valence-corrected chi connectivity index (χ0v) is 13.0. The lowest BCUT2D eigenvalue weighted by Crippen LogP contribution is -2.14. The van der Waals surface area contributed by atoms with Crippen molar-refractivity contribution in [2.24, 2.45) is 0 Å². The molecule has 0 atom stereocenters. The van der Waals surface area contributed by atoms with Crippen molar-refractivity contribution in [1.29, 1.82) is 0 Å². The van der Waals surface area contributed by atoms with Gasteiger partial charge in [-0.2, -0.15) is 26.3 Å². The third kappa shape index (κ3) is 4.66. The van der Waals surface area contributed by atoms with Gasteiger partial charge < -0.3 is 4.74 Å². The van der Waals surface area contributed by atoms with Gasteiger partial charge in [0.2, 0.25) is 0 Å². The van der Waals surface area contributed by atoms with E-state index in [1.807, 2.05) is 0 Å². The van der Waals surface area contributed by atoms with Gasteiger partial charge in [0.25, 0.3) is 0 Å². The molecule has 2 rings (SSSR count). The van der Waals surface area contributed by atoms with Gasteiger partial charge in [-0.3, -0.25) is 4.79 Å². The highest BCUT2D eigenvalue weighted by Crippen LogP contribution is 2.37. The molecule has 0 spiro atoms. The Balaban J connectivity index is 2.30. The second-order valence-corrected chi connectivity index (χ2v) is 5.36. The van der Waals surface area contributed by atoms with Crippen LogP contribution in [0.25, 0.3) is 0 Å². The molecule has 0 unspecified atom stereocenters. The van der Waals surface area contributed by atoms with Gasteiger partial charge in [-0.1, -0.05) is 17.7 Å². The van der Waals surface area contributed by atoms with E-state index in [4.69, 9.17) is 16.3 Å². The fourth-order valence-corrected chi connectivity index (χ4v) is 2.21. The molecule has 0 heterocycles. The van der Waals surface area contributed by atoms with Gasteiger partial charge in [0.1, 0.15) is 12.4 Å². The van der Waals surface area contributed by atoms with Crippen LogP contribution in [0.4, 0.5) is 26.3 Å². The van der Waals surface area contributed by atoms with Crippen LogP contribution in [0.2, 0.25) is 5.02 Å². The van der Waals surface area contributed by atoms with Crippen molar-refractivity contribution < 1.29 is 35.9 Å². The summed E-state index contributed by atoms with van der Waals surface area (Å²) in [4.78, 5) is 10.6. The Morgan fingerprint density at radius 2 is 1.64 bits per heavy atom. The predicted molar refractivity (Wildman–Crippen MR) is 77.6 cm³/mol. The van der Waals surface area contributed by atoms with Crippen LogP contribution < -0.4 is 4.74 Å². The minimum absolute atomic E-state index is 0.0379. The number of hydrogen-bond donors (Lipinski definition) is 0. The Morgan fingerprint density at radius 3 is 2.16 bits per heavy atom. The molecule has 0 N–H and O–H groups in total. The van der Waals surface area contributed by atoms with Gasteiger partial charge in [-0.25, -0.2) is 0 Å². The maximum Gasteiger partial charge on any atom is 0.416 e. The summed E-state index contributed by atoms with van der Waals surface area (Å²) >= 11 is 5.77. The van der Waals surface area contributed by atoms with E-state index in [0.29, 0.717) is 18.4 Å². The first-order valence-corrected chi connectivity index (χ1v) is 7.05. The number of ether oxygens (including phenoxy) is 1. The number of hydrogen-bond acceptors (Lipinski definition) is 2. The number of carbonyl (C=O) groups excluding carboxylic acids is 1. The SMILES string of the molecule is O=Cc1ccc(OCc2ccc(C(F)(F)F)cc2C(F)(F)F)cc1Cl. The Bertz CT molecular complexity index is 783. The second-order valence-electron chi connectivity index (χ2n) is 4.96. The molecule has 0 aliphatic heterocycles. The molecule has 0 aromatic heterocycles. The maximum absolute atomic E-state index is 13.0. The van der Waals surface area contributed by atoms with E-state index in [0.717, 1.165) is 0 Å². The minimum Gasteiger partial charge on any atom is -0.489 e. The third-order valence-corrected chi connectivity index (χ3v) is 3.56. The summed E-state index contributed by atoms with van der Waals surface area (Å²) in [7, 11) is 0. The summed E-state index contributed by atoms with van der Waals surface area (Å²) in [6, 6.07) is 5.16. The minimum atomic E-state index is -4.97. The van der Waals surface area contributed by atoms with E-state index in [1.54, 1.807) is 0 Å². The normalized spacial score (nSPS) is 12.1. The lowest BCUT2D eigenvalue weighted by molar-refractivity contribution is -0.143. The highest BCUT2D eigenvalue weighted by molar-refractivity contribution is 6.33. The smallest absolute Gasteiger partial charge is 0.416 e. The molecule has 0 fully saturated rings. The first-order valence-electron chi connectivity index (χ1n) is 6.67. The number of carbonyl (C=O) groups is 1. The maximum atomic E-state index is 13.0. The fraction of sp³-hybridized carbons (Fsp3) is 0.188. The standard InChI is InChI=1S/C16H9ClF6O2/c17-14-6-12(4-2-9(14)7-24)25-8-10-1-3-11(15(18,19)20)5-13(10)16(21,22)23/h1-7H,8H2. The zero-order chi connectivity index (χ0) is 18.8. The van der Waals surface area contributed by atoms with Crippen molar-refractivity contribution in [3.05, 3.63) is 63.7 Å². The molecule has 0 amide bonds. The molecule has 0 aliphatic rings. The second kappa shape index (κ2) is 6.95. The number of benzene rings is 2. The Kier molecular flexibility index (Phi) is 5.31. The first kappa shape index (κ1) is 19.1. The van der Waals surface area contributed by atoms with Crippen molar-refractivity contribution in [2.75, 3.05) is 0 Å². The lowest BCUT2D eigenvalue weighted by atomic mass is 10.0. The van der Waals surface area contributed by atoms with Gasteiger partial charge in [-0.05, 0) is 30.3 Å². The highest BCUT2D eigenvalue weighted by atomic mass is 35.5. The van der Waals surface area contributed by atoms with E-state index in [1.165, 1.54) is 18.2 Å². The van der Waals surface area contributed by atoms with Gasteiger partial charge in [0, 0.05) is 11.1 Å². The van der Waals surface area contributed by atoms with Crippen LogP contribution in [0.3, 0.4) is 0 Å². The summed E-state index contributed by atoms with van der Waals surface area (Å²) < 4.78 is 82.1. The number of halogens is 7. The van der Waals surface area contributed by atoms with E-state index < -0.39 is 35.6 Å². The van der Waals surface area contributed by atoms with Gasteiger partial charge >= 0.3 is 12.4 Å². The molecular formula is C16H9ClF6O2. The molecule has 2 aromatic rings. The van der Waals surface area contributed by atoms with Crippen LogP contribution in [0, 0.1) is 0 Å². The van der Waals surface area contributed by atoms with E-state index in [-0.39, 0.29) is 22.4 Å². The Hall–Kier alpha value is -2.22. The summed E-state index contributed by atoms with van der Waals surface area (Å²) in [5.74, 6) is 0.0728. The Labute approximate surface area is 143 Å². The number of aldehydes is 1. The monoisotopic (exact) mass is 382 g/mol. The molecule has 0 saturated carbocycles. The van der Waals surface area contributed by atoms with Crippen LogP contribution in [0.15, 0.2) is 36.4 Å². The highest BCUT2D eigenvalue weighted by Gasteiger charge is 2.38. The predicted octanol–water partition coefficient (Wildman–Crippen LogP) is 5.77. The van der Waals surface area contributed by atoms with E-state index in [2.05, 4.69) is 0 Å². The molecule has 2 aromatic carbocycles. The average Bonchev–Trinajstić information content (AvgIpc) is 2.51. The molecular weight excluding hydrogens is 374 g/mol. The molecule has 25 heavy (non-hydrogen) atoms. The van der Waals surface area contributed by atoms with Crippen LogP contribution in [-0.2, 0) is 19.0 Å². The molecule has 2 nitrogen and oxygen atoms in total. The molecule has 0 aliphatic carbocycles. The number of alkyl halides is 6. The summed E-state index contributed by atoms with van der Waals surface area (Å²) in [5.41, 5.74) is -3.13. The van der Waals surface area contributed by atoms with Crippen molar-refractivity contribution in [3.63, 3.8) is 0 Å². The molecule has 0 radical (unpaired) electrons. The summed E-state index contributed by atoms with van der Waals surface area (Å²) in [6.07, 6.45) is -9.37. The van der Waals surface area contributed by atoms with Crippen LogP contribution in [0.5, 0.6) is 5.75 Å². The zero-order valence-electron chi connectivity index (χ0n) is 12.2. The van der Waals surface area contributed by atoms with Crippen molar-refractivity contribution in [2.45, 2.75) is 19.0 Å². The quantitative estimate of drug-likeness (QED) is 0.495.